The quantitative estimate of drug-likeness (QED) is 0.266. The molecule has 26 heavy (non-hydrogen) atoms. The first-order valence-corrected chi connectivity index (χ1v) is 8.55. The van der Waals surface area contributed by atoms with Crippen LogP contribution in [0.3, 0.4) is 0 Å². The lowest BCUT2D eigenvalue weighted by molar-refractivity contribution is -0.384. The maximum absolute atomic E-state index is 12.0. The minimum absolute atomic E-state index is 0.0441. The molecule has 2 aromatic carbocycles. The molecule has 7 nitrogen and oxygen atoms in total. The first kappa shape index (κ1) is 17.8. The van der Waals surface area contributed by atoms with Gasteiger partial charge in [-0.05, 0) is 65.1 Å². The summed E-state index contributed by atoms with van der Waals surface area (Å²) in [6, 6.07) is 16.6. The molecule has 0 saturated heterocycles. The molecular weight excluding hydrogens is 449 g/mol. The summed E-state index contributed by atoms with van der Waals surface area (Å²) in [4.78, 5) is 22.6. The van der Waals surface area contributed by atoms with Gasteiger partial charge >= 0.3 is 0 Å². The number of hydrazone groups is 1. The van der Waals surface area contributed by atoms with Gasteiger partial charge in [-0.25, -0.2) is 5.43 Å². The van der Waals surface area contributed by atoms with Crippen molar-refractivity contribution in [3.05, 3.63) is 85.7 Å². The standard InChI is InChI=1S/C18H12IN3O4/c19-13-7-5-12(6-8-13)18(23)21-20-11-14-9-10-17(26-14)15-3-1-2-4-16(15)22(24)25/h1-11H,(H,21,23)/b20-11-. The minimum Gasteiger partial charge on any atom is -0.455 e. The van der Waals surface area contributed by atoms with Crippen LogP contribution in [-0.2, 0) is 0 Å². The number of nitrogens with zero attached hydrogens (tertiary/aromatic N) is 2. The summed E-state index contributed by atoms with van der Waals surface area (Å²) in [6.07, 6.45) is 1.34. The molecule has 3 aromatic rings. The van der Waals surface area contributed by atoms with E-state index < -0.39 is 4.92 Å². The summed E-state index contributed by atoms with van der Waals surface area (Å²) in [5, 5.41) is 14.9. The number of furan rings is 1. The van der Waals surface area contributed by atoms with E-state index in [9.17, 15) is 14.9 Å². The zero-order valence-corrected chi connectivity index (χ0v) is 15.4. The third kappa shape index (κ3) is 4.14. The second-order valence-corrected chi connectivity index (χ2v) is 6.43. The lowest BCUT2D eigenvalue weighted by Gasteiger charge is -1.99. The van der Waals surface area contributed by atoms with Gasteiger partial charge in [-0.15, -0.1) is 0 Å². The number of carbonyl (C=O) groups excluding carboxylic acids is 1. The number of para-hydroxylation sites is 1. The Morgan fingerprint density at radius 2 is 1.85 bits per heavy atom. The molecule has 0 aliphatic rings. The highest BCUT2D eigenvalue weighted by Gasteiger charge is 2.16. The van der Waals surface area contributed by atoms with Crippen molar-refractivity contribution in [3.8, 4) is 11.3 Å². The summed E-state index contributed by atoms with van der Waals surface area (Å²) < 4.78 is 6.59. The predicted octanol–water partition coefficient (Wildman–Crippen LogP) is 4.22. The van der Waals surface area contributed by atoms with Gasteiger partial charge in [0.15, 0.2) is 0 Å². The molecular formula is C18H12IN3O4. The monoisotopic (exact) mass is 461 g/mol. The molecule has 3 rings (SSSR count). The smallest absolute Gasteiger partial charge is 0.280 e. The number of carbonyl (C=O) groups is 1. The van der Waals surface area contributed by atoms with Crippen molar-refractivity contribution in [1.29, 1.82) is 0 Å². The van der Waals surface area contributed by atoms with Crippen LogP contribution in [0, 0.1) is 13.7 Å². The number of amides is 1. The largest absolute Gasteiger partial charge is 0.455 e. The van der Waals surface area contributed by atoms with E-state index in [0.717, 1.165) is 3.57 Å². The second kappa shape index (κ2) is 7.91. The van der Waals surface area contributed by atoms with E-state index in [2.05, 4.69) is 33.1 Å². The van der Waals surface area contributed by atoms with Crippen LogP contribution in [0.5, 0.6) is 0 Å². The van der Waals surface area contributed by atoms with Crippen LogP contribution in [-0.4, -0.2) is 17.0 Å². The van der Waals surface area contributed by atoms with Gasteiger partial charge in [-0.3, -0.25) is 14.9 Å². The first-order valence-electron chi connectivity index (χ1n) is 7.47. The van der Waals surface area contributed by atoms with Crippen molar-refractivity contribution in [2.45, 2.75) is 0 Å². The number of hydrogen-bond acceptors (Lipinski definition) is 5. The average molecular weight is 461 g/mol. The number of nitrogens with one attached hydrogen (secondary N) is 1. The third-order valence-corrected chi connectivity index (χ3v) is 4.18. The highest BCUT2D eigenvalue weighted by atomic mass is 127. The van der Waals surface area contributed by atoms with E-state index in [1.165, 1.54) is 12.3 Å². The highest BCUT2D eigenvalue weighted by molar-refractivity contribution is 14.1. The molecule has 0 aliphatic carbocycles. The van der Waals surface area contributed by atoms with Crippen LogP contribution < -0.4 is 5.43 Å². The fourth-order valence-electron chi connectivity index (χ4n) is 2.23. The lowest BCUT2D eigenvalue weighted by atomic mass is 10.1. The van der Waals surface area contributed by atoms with Gasteiger partial charge in [-0.2, -0.15) is 5.10 Å². The molecule has 0 spiro atoms. The Morgan fingerprint density at radius 3 is 2.58 bits per heavy atom. The summed E-state index contributed by atoms with van der Waals surface area (Å²) in [5.74, 6) is 0.367. The van der Waals surface area contributed by atoms with Crippen LogP contribution in [0.1, 0.15) is 16.1 Å². The average Bonchev–Trinajstić information content (AvgIpc) is 3.11. The Balaban J connectivity index is 1.71. The molecule has 0 atom stereocenters. The number of hydrogen-bond donors (Lipinski definition) is 1. The van der Waals surface area contributed by atoms with E-state index >= 15 is 0 Å². The SMILES string of the molecule is O=C(N/N=C\c1ccc(-c2ccccc2[N+](=O)[O-])o1)c1ccc(I)cc1. The Kier molecular flexibility index (Phi) is 5.42. The number of rotatable bonds is 5. The molecule has 8 heteroatoms. The van der Waals surface area contributed by atoms with Crippen LogP contribution in [0.15, 0.2) is 70.2 Å². The summed E-state index contributed by atoms with van der Waals surface area (Å²) in [5.41, 5.74) is 3.22. The number of benzene rings is 2. The van der Waals surface area contributed by atoms with Crippen molar-refractivity contribution in [2.75, 3.05) is 0 Å². The molecule has 0 unspecified atom stereocenters. The number of halogens is 1. The van der Waals surface area contributed by atoms with Crippen molar-refractivity contribution in [2.24, 2.45) is 5.10 Å². The topological polar surface area (TPSA) is 97.7 Å². The van der Waals surface area contributed by atoms with Crippen LogP contribution in [0.25, 0.3) is 11.3 Å². The zero-order chi connectivity index (χ0) is 18.5. The van der Waals surface area contributed by atoms with Gasteiger partial charge in [-0.1, -0.05) is 12.1 Å². The molecule has 0 fully saturated rings. The fourth-order valence-corrected chi connectivity index (χ4v) is 2.59. The summed E-state index contributed by atoms with van der Waals surface area (Å²) >= 11 is 2.15. The highest BCUT2D eigenvalue weighted by Crippen LogP contribution is 2.30. The molecule has 0 radical (unpaired) electrons. The maximum atomic E-state index is 12.0. The van der Waals surface area contributed by atoms with Gasteiger partial charge in [0, 0.05) is 15.2 Å². The normalized spacial score (nSPS) is 10.8. The van der Waals surface area contributed by atoms with Gasteiger partial charge in [0.1, 0.15) is 11.5 Å². The van der Waals surface area contributed by atoms with Crippen molar-refractivity contribution in [3.63, 3.8) is 0 Å². The number of nitro groups is 1. The third-order valence-electron chi connectivity index (χ3n) is 3.46. The predicted molar refractivity (Wildman–Crippen MR) is 105 cm³/mol. The summed E-state index contributed by atoms with van der Waals surface area (Å²) in [7, 11) is 0. The second-order valence-electron chi connectivity index (χ2n) is 5.18. The summed E-state index contributed by atoms with van der Waals surface area (Å²) in [6.45, 7) is 0. The molecule has 1 amide bonds. The van der Waals surface area contributed by atoms with E-state index in [0.29, 0.717) is 22.6 Å². The van der Waals surface area contributed by atoms with Crippen LogP contribution in [0.2, 0.25) is 0 Å². The molecule has 1 N–H and O–H groups in total. The van der Waals surface area contributed by atoms with Gasteiger partial charge in [0.25, 0.3) is 11.6 Å². The fraction of sp³-hybridized carbons (Fsp3) is 0. The minimum atomic E-state index is -0.465. The van der Waals surface area contributed by atoms with Crippen molar-refractivity contribution < 1.29 is 14.1 Å². The van der Waals surface area contributed by atoms with E-state index in [1.807, 2.05) is 12.1 Å². The maximum Gasteiger partial charge on any atom is 0.280 e. The van der Waals surface area contributed by atoms with E-state index in [4.69, 9.17) is 4.42 Å². The molecule has 0 bridgehead atoms. The Hall–Kier alpha value is -3.01. The Bertz CT molecular complexity index is 980. The Labute approximate surface area is 162 Å². The molecule has 0 aliphatic heterocycles. The lowest BCUT2D eigenvalue weighted by Crippen LogP contribution is -2.17. The van der Waals surface area contributed by atoms with E-state index in [-0.39, 0.29) is 11.6 Å². The Morgan fingerprint density at radius 1 is 1.12 bits per heavy atom. The van der Waals surface area contributed by atoms with Crippen LogP contribution in [0.4, 0.5) is 5.69 Å². The molecule has 130 valence electrons. The van der Waals surface area contributed by atoms with Gasteiger partial charge in [0.2, 0.25) is 0 Å². The van der Waals surface area contributed by atoms with Crippen molar-refractivity contribution >= 4 is 40.4 Å². The van der Waals surface area contributed by atoms with Crippen LogP contribution >= 0.6 is 22.6 Å². The van der Waals surface area contributed by atoms with Crippen molar-refractivity contribution in [1.82, 2.24) is 5.43 Å². The van der Waals surface area contributed by atoms with Gasteiger partial charge in [0.05, 0.1) is 16.7 Å². The number of nitro benzene ring substituents is 1. The zero-order valence-electron chi connectivity index (χ0n) is 13.3. The molecule has 0 saturated carbocycles. The first-order chi connectivity index (χ1) is 12.5. The van der Waals surface area contributed by atoms with E-state index in [1.54, 1.807) is 42.5 Å². The molecule has 1 aromatic heterocycles. The van der Waals surface area contributed by atoms with Gasteiger partial charge < -0.3 is 4.42 Å². The molecule has 1 heterocycles.